The summed E-state index contributed by atoms with van der Waals surface area (Å²) in [5.74, 6) is 0.673. The van der Waals surface area contributed by atoms with Gasteiger partial charge < -0.3 is 0 Å². The molecule has 0 aliphatic heterocycles. The molecule has 0 bridgehead atoms. The molecule has 3 rings (SSSR count). The van der Waals surface area contributed by atoms with Gasteiger partial charge in [-0.3, -0.25) is 4.79 Å². The average Bonchev–Trinajstić information content (AvgIpc) is 3.11. The Kier molecular flexibility index (Phi) is 1.98. The summed E-state index contributed by atoms with van der Waals surface area (Å²) < 4.78 is 0. The highest BCUT2D eigenvalue weighted by Crippen LogP contribution is 2.46. The van der Waals surface area contributed by atoms with E-state index in [-0.39, 0.29) is 0 Å². The van der Waals surface area contributed by atoms with E-state index in [9.17, 15) is 4.79 Å². The number of carbonyl (C=O) groups is 1. The third-order valence-corrected chi connectivity index (χ3v) is 3.45. The minimum atomic E-state index is 0.673. The van der Waals surface area contributed by atoms with Crippen LogP contribution in [-0.2, 0) is 11.2 Å². The van der Waals surface area contributed by atoms with E-state index in [0.717, 1.165) is 24.7 Å². The number of hydrogen-bond donors (Lipinski definition) is 0. The molecule has 0 radical (unpaired) electrons. The normalized spacial score (nSPS) is 20.0. The van der Waals surface area contributed by atoms with Crippen molar-refractivity contribution >= 4 is 11.9 Å². The van der Waals surface area contributed by atoms with Crippen LogP contribution in [0.3, 0.4) is 0 Å². The zero-order valence-electron chi connectivity index (χ0n) is 8.70. The molecule has 1 aromatic carbocycles. The Morgan fingerprint density at radius 1 is 1.13 bits per heavy atom. The van der Waals surface area contributed by atoms with E-state index in [1.165, 1.54) is 29.5 Å². The monoisotopic (exact) mass is 198 g/mol. The van der Waals surface area contributed by atoms with Crippen molar-refractivity contribution in [2.24, 2.45) is 5.92 Å². The first-order valence-corrected chi connectivity index (χ1v) is 5.66. The molecule has 1 heteroatoms. The van der Waals surface area contributed by atoms with E-state index in [0.29, 0.717) is 5.92 Å². The lowest BCUT2D eigenvalue weighted by Crippen LogP contribution is -2.07. The Morgan fingerprint density at radius 3 is 2.67 bits per heavy atom. The van der Waals surface area contributed by atoms with Crippen molar-refractivity contribution in [3.63, 3.8) is 0 Å². The zero-order valence-corrected chi connectivity index (χ0v) is 8.70. The minimum absolute atomic E-state index is 0.673. The summed E-state index contributed by atoms with van der Waals surface area (Å²) in [6.45, 7) is 0. The van der Waals surface area contributed by atoms with Crippen molar-refractivity contribution in [2.75, 3.05) is 0 Å². The standard InChI is InChI=1S/C14H14O/c15-9-12-8-5-10-3-1-2-4-13(10)14(12)11-6-7-11/h1-4,9,11H,5-8H2. The second-order valence-electron chi connectivity index (χ2n) is 4.49. The average molecular weight is 198 g/mol. The van der Waals surface area contributed by atoms with Crippen molar-refractivity contribution in [2.45, 2.75) is 25.7 Å². The second-order valence-corrected chi connectivity index (χ2v) is 4.49. The maximum atomic E-state index is 11.1. The zero-order chi connectivity index (χ0) is 10.3. The van der Waals surface area contributed by atoms with Crippen LogP contribution in [0.5, 0.6) is 0 Å². The molecular formula is C14H14O. The summed E-state index contributed by atoms with van der Waals surface area (Å²) in [6, 6.07) is 8.54. The van der Waals surface area contributed by atoms with Gasteiger partial charge in [-0.25, -0.2) is 0 Å². The van der Waals surface area contributed by atoms with Crippen molar-refractivity contribution in [3.05, 3.63) is 41.0 Å². The smallest absolute Gasteiger partial charge is 0.146 e. The molecule has 0 heterocycles. The minimum Gasteiger partial charge on any atom is -0.298 e. The van der Waals surface area contributed by atoms with E-state index >= 15 is 0 Å². The molecule has 0 unspecified atom stereocenters. The Morgan fingerprint density at radius 2 is 1.93 bits per heavy atom. The molecule has 1 fully saturated rings. The van der Waals surface area contributed by atoms with Gasteiger partial charge in [-0.05, 0) is 53.9 Å². The third-order valence-electron chi connectivity index (χ3n) is 3.45. The predicted octanol–water partition coefficient (Wildman–Crippen LogP) is 3.00. The number of aryl methyl sites for hydroxylation is 1. The first-order valence-electron chi connectivity index (χ1n) is 5.66. The van der Waals surface area contributed by atoms with Gasteiger partial charge in [0.15, 0.2) is 0 Å². The molecule has 2 aliphatic rings. The molecular weight excluding hydrogens is 184 g/mol. The van der Waals surface area contributed by atoms with Gasteiger partial charge in [-0.1, -0.05) is 24.3 Å². The summed E-state index contributed by atoms with van der Waals surface area (Å²) >= 11 is 0. The highest BCUT2D eigenvalue weighted by Gasteiger charge is 2.32. The van der Waals surface area contributed by atoms with Crippen LogP contribution in [-0.4, -0.2) is 6.29 Å². The fourth-order valence-electron chi connectivity index (χ4n) is 2.55. The molecule has 15 heavy (non-hydrogen) atoms. The highest BCUT2D eigenvalue weighted by molar-refractivity contribution is 5.91. The Bertz CT molecular complexity index is 438. The largest absolute Gasteiger partial charge is 0.298 e. The van der Waals surface area contributed by atoms with Gasteiger partial charge in [0, 0.05) is 0 Å². The van der Waals surface area contributed by atoms with Crippen molar-refractivity contribution in [3.8, 4) is 0 Å². The van der Waals surface area contributed by atoms with E-state index < -0.39 is 0 Å². The number of allylic oxidation sites excluding steroid dienone is 2. The number of rotatable bonds is 2. The molecule has 1 saturated carbocycles. The van der Waals surface area contributed by atoms with Crippen LogP contribution in [0.4, 0.5) is 0 Å². The van der Waals surface area contributed by atoms with Gasteiger partial charge in [0.2, 0.25) is 0 Å². The topological polar surface area (TPSA) is 17.1 Å². The van der Waals surface area contributed by atoms with Crippen LogP contribution >= 0.6 is 0 Å². The van der Waals surface area contributed by atoms with Crippen molar-refractivity contribution < 1.29 is 4.79 Å². The van der Waals surface area contributed by atoms with Crippen LogP contribution in [0, 0.1) is 5.92 Å². The van der Waals surface area contributed by atoms with Crippen LogP contribution in [0.1, 0.15) is 30.4 Å². The van der Waals surface area contributed by atoms with Gasteiger partial charge in [0.1, 0.15) is 6.29 Å². The van der Waals surface area contributed by atoms with E-state index in [1.807, 2.05) is 0 Å². The fraction of sp³-hybridized carbons (Fsp3) is 0.357. The molecule has 0 N–H and O–H groups in total. The number of aldehydes is 1. The quantitative estimate of drug-likeness (QED) is 0.668. The predicted molar refractivity (Wildman–Crippen MR) is 60.5 cm³/mol. The summed E-state index contributed by atoms with van der Waals surface area (Å²) in [6.07, 6.45) is 5.57. The molecule has 0 spiro atoms. The van der Waals surface area contributed by atoms with E-state index in [2.05, 4.69) is 24.3 Å². The lowest BCUT2D eigenvalue weighted by Gasteiger charge is -2.20. The third kappa shape index (κ3) is 1.43. The first kappa shape index (κ1) is 8.90. The Hall–Kier alpha value is -1.37. The molecule has 0 aromatic heterocycles. The molecule has 0 atom stereocenters. The van der Waals surface area contributed by atoms with Crippen LogP contribution in [0.25, 0.3) is 5.57 Å². The van der Waals surface area contributed by atoms with Gasteiger partial charge in [-0.15, -0.1) is 0 Å². The van der Waals surface area contributed by atoms with Gasteiger partial charge in [0.05, 0.1) is 0 Å². The highest BCUT2D eigenvalue weighted by atomic mass is 16.1. The molecule has 0 saturated heterocycles. The fourth-order valence-corrected chi connectivity index (χ4v) is 2.55. The summed E-state index contributed by atoms with van der Waals surface area (Å²) in [5.41, 5.74) is 5.17. The molecule has 76 valence electrons. The summed E-state index contributed by atoms with van der Waals surface area (Å²) in [7, 11) is 0. The van der Waals surface area contributed by atoms with Crippen molar-refractivity contribution in [1.82, 2.24) is 0 Å². The summed E-state index contributed by atoms with van der Waals surface area (Å²) in [5, 5.41) is 0. The Labute approximate surface area is 89.8 Å². The lowest BCUT2D eigenvalue weighted by molar-refractivity contribution is -0.105. The first-order chi connectivity index (χ1) is 7.40. The summed E-state index contributed by atoms with van der Waals surface area (Å²) in [4.78, 5) is 11.1. The van der Waals surface area contributed by atoms with Gasteiger partial charge in [-0.2, -0.15) is 0 Å². The Balaban J connectivity index is 2.17. The van der Waals surface area contributed by atoms with Crippen LogP contribution in [0.2, 0.25) is 0 Å². The van der Waals surface area contributed by atoms with E-state index in [1.54, 1.807) is 0 Å². The molecule has 1 nitrogen and oxygen atoms in total. The van der Waals surface area contributed by atoms with Crippen LogP contribution in [0.15, 0.2) is 29.8 Å². The lowest BCUT2D eigenvalue weighted by atomic mass is 9.84. The SMILES string of the molecule is O=CC1=C(C2CC2)c2ccccc2CC1. The number of hydrogen-bond acceptors (Lipinski definition) is 1. The maximum Gasteiger partial charge on any atom is 0.146 e. The maximum absolute atomic E-state index is 11.1. The van der Waals surface area contributed by atoms with Gasteiger partial charge in [0.25, 0.3) is 0 Å². The van der Waals surface area contributed by atoms with Crippen molar-refractivity contribution in [1.29, 1.82) is 0 Å². The molecule has 2 aliphatic carbocycles. The van der Waals surface area contributed by atoms with Crippen LogP contribution < -0.4 is 0 Å². The van der Waals surface area contributed by atoms with E-state index in [4.69, 9.17) is 0 Å². The number of benzene rings is 1. The number of fused-ring (bicyclic) bond motifs is 1. The second kappa shape index (κ2) is 3.34. The van der Waals surface area contributed by atoms with Gasteiger partial charge >= 0.3 is 0 Å². The molecule has 0 amide bonds. The molecule has 1 aromatic rings. The number of carbonyl (C=O) groups excluding carboxylic acids is 1.